The third-order valence-electron chi connectivity index (χ3n) is 5.59. The van der Waals surface area contributed by atoms with Crippen molar-refractivity contribution in [3.63, 3.8) is 0 Å². The normalized spacial score (nSPS) is 31.6. The van der Waals surface area contributed by atoms with Gasteiger partial charge in [-0.15, -0.1) is 0 Å². The van der Waals surface area contributed by atoms with Gasteiger partial charge in [0.2, 0.25) is 0 Å². The van der Waals surface area contributed by atoms with Gasteiger partial charge in [-0.2, -0.15) is 0 Å². The highest BCUT2D eigenvalue weighted by atomic mass is 79.9. The van der Waals surface area contributed by atoms with Gasteiger partial charge in [0.25, 0.3) is 0 Å². The molecule has 0 heterocycles. The van der Waals surface area contributed by atoms with Crippen LogP contribution in [-0.4, -0.2) is 7.05 Å². The summed E-state index contributed by atoms with van der Waals surface area (Å²) in [6.45, 7) is 0. The van der Waals surface area contributed by atoms with Crippen molar-refractivity contribution in [2.75, 3.05) is 7.05 Å². The molecule has 0 bridgehead atoms. The van der Waals surface area contributed by atoms with Crippen molar-refractivity contribution >= 4 is 15.9 Å². The maximum atomic E-state index is 3.59. The van der Waals surface area contributed by atoms with Crippen molar-refractivity contribution < 1.29 is 0 Å². The lowest BCUT2D eigenvalue weighted by atomic mass is 9.65. The molecule has 2 aliphatic carbocycles. The quantitative estimate of drug-likeness (QED) is 0.788. The maximum absolute atomic E-state index is 3.59. The fraction of sp³-hybridized carbons (Fsp3) is 0.667. The van der Waals surface area contributed by atoms with Crippen LogP contribution < -0.4 is 5.32 Å². The van der Waals surface area contributed by atoms with E-state index in [9.17, 15) is 0 Å². The second kappa shape index (κ2) is 6.62. The Balaban J connectivity index is 1.71. The van der Waals surface area contributed by atoms with Gasteiger partial charge in [-0.05, 0) is 61.8 Å². The Hall–Kier alpha value is -0.340. The number of nitrogens with one attached hydrogen (secondary N) is 1. The molecular weight excluding hydrogens is 310 g/mol. The number of rotatable bonds is 3. The predicted octanol–water partition coefficient (Wildman–Crippen LogP) is 5.32. The minimum absolute atomic E-state index is 0.533. The largest absolute Gasteiger partial charge is 0.313 e. The van der Waals surface area contributed by atoms with Crippen LogP contribution in [0.1, 0.15) is 56.6 Å². The van der Waals surface area contributed by atoms with E-state index in [0.29, 0.717) is 6.04 Å². The molecule has 1 nitrogen and oxygen atoms in total. The van der Waals surface area contributed by atoms with Crippen molar-refractivity contribution in [2.45, 2.75) is 51.0 Å². The minimum atomic E-state index is 0.533. The van der Waals surface area contributed by atoms with Crippen LogP contribution in [0.4, 0.5) is 0 Å². The first-order valence-corrected chi connectivity index (χ1v) is 9.00. The average Bonchev–Trinajstić information content (AvgIpc) is 2.50. The first-order valence-electron chi connectivity index (χ1n) is 8.20. The summed E-state index contributed by atoms with van der Waals surface area (Å²) in [6.07, 6.45) is 10.2. The number of hydrogen-bond acceptors (Lipinski definition) is 1. The highest BCUT2D eigenvalue weighted by molar-refractivity contribution is 9.10. The molecule has 1 aromatic rings. The third kappa shape index (κ3) is 3.12. The molecule has 2 saturated carbocycles. The van der Waals surface area contributed by atoms with Gasteiger partial charge in [0.15, 0.2) is 0 Å². The van der Waals surface area contributed by atoms with Gasteiger partial charge < -0.3 is 5.32 Å². The van der Waals surface area contributed by atoms with Crippen LogP contribution in [0.5, 0.6) is 0 Å². The lowest BCUT2D eigenvalue weighted by Crippen LogP contribution is -2.34. The van der Waals surface area contributed by atoms with Gasteiger partial charge in [0, 0.05) is 10.5 Å². The summed E-state index contributed by atoms with van der Waals surface area (Å²) in [6, 6.07) is 9.43. The van der Waals surface area contributed by atoms with E-state index < -0.39 is 0 Å². The standard InChI is InChI=1S/C18H26BrN/c1-20-18(14-8-10-17(19)11-9-14)16-7-6-13-4-2-3-5-15(13)12-16/h8-11,13,15-16,18,20H,2-7,12H2,1H3. The molecule has 0 amide bonds. The van der Waals surface area contributed by atoms with Crippen LogP contribution >= 0.6 is 15.9 Å². The summed E-state index contributed by atoms with van der Waals surface area (Å²) >= 11 is 3.54. The van der Waals surface area contributed by atoms with Gasteiger partial charge in [-0.25, -0.2) is 0 Å². The second-order valence-electron chi connectivity index (χ2n) is 6.70. The van der Waals surface area contributed by atoms with Crippen LogP contribution in [0.15, 0.2) is 28.7 Å². The zero-order chi connectivity index (χ0) is 13.9. The first-order chi connectivity index (χ1) is 9.78. The number of benzene rings is 1. The Morgan fingerprint density at radius 1 is 1.00 bits per heavy atom. The zero-order valence-corrected chi connectivity index (χ0v) is 14.0. The molecule has 0 saturated heterocycles. The summed E-state index contributed by atoms with van der Waals surface area (Å²) in [7, 11) is 2.12. The molecule has 2 fully saturated rings. The SMILES string of the molecule is CNC(c1ccc(Br)cc1)C1CCC2CCCCC2C1. The van der Waals surface area contributed by atoms with E-state index in [-0.39, 0.29) is 0 Å². The Morgan fingerprint density at radius 2 is 1.70 bits per heavy atom. The Bertz CT molecular complexity index is 428. The monoisotopic (exact) mass is 335 g/mol. The smallest absolute Gasteiger partial charge is 0.0346 e. The Kier molecular flexibility index (Phi) is 4.83. The summed E-state index contributed by atoms with van der Waals surface area (Å²) in [4.78, 5) is 0. The third-order valence-corrected chi connectivity index (χ3v) is 6.12. The van der Waals surface area contributed by atoms with Crippen molar-refractivity contribution in [1.29, 1.82) is 0 Å². The first kappa shape index (κ1) is 14.6. The summed E-state index contributed by atoms with van der Waals surface area (Å²) < 4.78 is 1.17. The van der Waals surface area contributed by atoms with Crippen LogP contribution in [0, 0.1) is 17.8 Å². The van der Waals surface area contributed by atoms with Gasteiger partial charge in [-0.3, -0.25) is 0 Å². The molecular formula is C18H26BrN. The molecule has 4 atom stereocenters. The van der Waals surface area contributed by atoms with E-state index in [4.69, 9.17) is 0 Å². The number of fused-ring (bicyclic) bond motifs is 1. The highest BCUT2D eigenvalue weighted by Crippen LogP contribution is 2.46. The highest BCUT2D eigenvalue weighted by Gasteiger charge is 2.35. The van der Waals surface area contributed by atoms with Crippen molar-refractivity contribution in [2.24, 2.45) is 17.8 Å². The van der Waals surface area contributed by atoms with Gasteiger partial charge >= 0.3 is 0 Å². The Morgan fingerprint density at radius 3 is 2.40 bits per heavy atom. The van der Waals surface area contributed by atoms with Crippen LogP contribution in [0.2, 0.25) is 0 Å². The molecule has 1 N–H and O–H groups in total. The van der Waals surface area contributed by atoms with Crippen molar-refractivity contribution in [1.82, 2.24) is 5.32 Å². The van der Waals surface area contributed by atoms with Gasteiger partial charge in [-0.1, -0.05) is 53.7 Å². The van der Waals surface area contributed by atoms with Crippen LogP contribution in [0.25, 0.3) is 0 Å². The lowest BCUT2D eigenvalue weighted by Gasteiger charge is -2.42. The summed E-state index contributed by atoms with van der Waals surface area (Å²) in [5.41, 5.74) is 1.45. The van der Waals surface area contributed by atoms with E-state index >= 15 is 0 Å². The minimum Gasteiger partial charge on any atom is -0.313 e. The van der Waals surface area contributed by atoms with E-state index in [0.717, 1.165) is 17.8 Å². The second-order valence-corrected chi connectivity index (χ2v) is 7.61. The molecule has 20 heavy (non-hydrogen) atoms. The molecule has 2 heteroatoms. The zero-order valence-electron chi connectivity index (χ0n) is 12.4. The molecule has 3 rings (SSSR count). The topological polar surface area (TPSA) is 12.0 Å². The molecule has 1 aromatic carbocycles. The molecule has 0 aromatic heterocycles. The van der Waals surface area contributed by atoms with Gasteiger partial charge in [0.1, 0.15) is 0 Å². The molecule has 0 aliphatic heterocycles. The molecule has 4 unspecified atom stereocenters. The van der Waals surface area contributed by atoms with Gasteiger partial charge in [0.05, 0.1) is 0 Å². The lowest BCUT2D eigenvalue weighted by molar-refractivity contribution is 0.111. The average molecular weight is 336 g/mol. The predicted molar refractivity (Wildman–Crippen MR) is 88.7 cm³/mol. The van der Waals surface area contributed by atoms with E-state index in [1.165, 1.54) is 55.0 Å². The number of halogens is 1. The summed E-state index contributed by atoms with van der Waals surface area (Å²) in [5.74, 6) is 2.87. The van der Waals surface area contributed by atoms with E-state index in [2.05, 4.69) is 52.6 Å². The number of hydrogen-bond donors (Lipinski definition) is 1. The fourth-order valence-corrected chi connectivity index (χ4v) is 4.82. The van der Waals surface area contributed by atoms with E-state index in [1.54, 1.807) is 0 Å². The van der Waals surface area contributed by atoms with Crippen LogP contribution in [-0.2, 0) is 0 Å². The summed E-state index contributed by atoms with van der Waals surface area (Å²) in [5, 5.41) is 3.59. The fourth-order valence-electron chi connectivity index (χ4n) is 4.56. The molecule has 2 aliphatic rings. The maximum Gasteiger partial charge on any atom is 0.0346 e. The van der Waals surface area contributed by atoms with Crippen LogP contribution in [0.3, 0.4) is 0 Å². The van der Waals surface area contributed by atoms with E-state index in [1.807, 2.05) is 0 Å². The van der Waals surface area contributed by atoms with Crippen molar-refractivity contribution in [3.8, 4) is 0 Å². The molecule has 110 valence electrons. The molecule has 0 spiro atoms. The Labute approximate surface area is 131 Å². The van der Waals surface area contributed by atoms with Crippen molar-refractivity contribution in [3.05, 3.63) is 34.3 Å². The molecule has 0 radical (unpaired) electrons.